The molecule has 0 aromatic heterocycles. The van der Waals surface area contributed by atoms with Crippen LogP contribution < -0.4 is 5.73 Å². The Morgan fingerprint density at radius 1 is 1.47 bits per heavy atom. The van der Waals surface area contributed by atoms with Crippen LogP contribution in [0, 0.1) is 5.92 Å². The van der Waals surface area contributed by atoms with Crippen LogP contribution in [0.1, 0.15) is 26.2 Å². The summed E-state index contributed by atoms with van der Waals surface area (Å²) < 4.78 is 4.69. The second-order valence-electron chi connectivity index (χ2n) is 3.54. The molecule has 5 nitrogen and oxygen atoms in total. The summed E-state index contributed by atoms with van der Waals surface area (Å²) in [6.45, 7) is 1.84. The molecule has 5 heteroatoms. The summed E-state index contributed by atoms with van der Waals surface area (Å²) in [7, 11) is 0. The highest BCUT2D eigenvalue weighted by atomic mass is 16.5. The second kappa shape index (κ2) is 5.02. The van der Waals surface area contributed by atoms with E-state index in [4.69, 9.17) is 5.73 Å². The molecule has 2 N–H and O–H groups in total. The monoisotopic (exact) mass is 213 g/mol. The van der Waals surface area contributed by atoms with Crippen molar-refractivity contribution in [1.29, 1.82) is 0 Å². The Labute approximate surface area is 88.0 Å². The highest BCUT2D eigenvalue weighted by molar-refractivity contribution is 6.08. The van der Waals surface area contributed by atoms with Gasteiger partial charge in [0.1, 0.15) is 23.5 Å². The van der Waals surface area contributed by atoms with Gasteiger partial charge in [0.15, 0.2) is 0 Å². The Kier molecular flexibility index (Phi) is 3.96. The Bertz CT molecular complexity index is 271. The fourth-order valence-corrected chi connectivity index (χ4v) is 1.70. The zero-order valence-corrected chi connectivity index (χ0v) is 8.69. The molecule has 0 saturated heterocycles. The number of esters is 1. The first-order valence-electron chi connectivity index (χ1n) is 5.05. The summed E-state index contributed by atoms with van der Waals surface area (Å²) in [5.41, 5.74) is 5.54. The molecule has 0 aromatic rings. The first-order valence-corrected chi connectivity index (χ1v) is 5.05. The van der Waals surface area contributed by atoms with Crippen molar-refractivity contribution in [2.75, 3.05) is 6.61 Å². The third-order valence-electron chi connectivity index (χ3n) is 2.46. The Balaban J connectivity index is 2.71. The van der Waals surface area contributed by atoms with Gasteiger partial charge >= 0.3 is 5.97 Å². The topological polar surface area (TPSA) is 86.5 Å². The number of nitrogens with two attached hydrogens (primary N) is 1. The number of ketones is 2. The zero-order valence-electron chi connectivity index (χ0n) is 8.69. The average molecular weight is 213 g/mol. The van der Waals surface area contributed by atoms with E-state index in [2.05, 4.69) is 4.74 Å². The van der Waals surface area contributed by atoms with Gasteiger partial charge in [0.25, 0.3) is 0 Å². The average Bonchev–Trinajstić information content (AvgIpc) is 2.17. The molecule has 1 aliphatic carbocycles. The maximum absolute atomic E-state index is 11.4. The van der Waals surface area contributed by atoms with Crippen LogP contribution in [-0.2, 0) is 19.1 Å². The predicted molar refractivity (Wildman–Crippen MR) is 52.0 cm³/mol. The Hall–Kier alpha value is -1.23. The van der Waals surface area contributed by atoms with E-state index in [9.17, 15) is 14.4 Å². The number of hydrogen-bond donors (Lipinski definition) is 1. The lowest BCUT2D eigenvalue weighted by atomic mass is 9.82. The van der Waals surface area contributed by atoms with Crippen LogP contribution in [0.3, 0.4) is 0 Å². The molecule has 0 spiro atoms. The molecular formula is C10H15NO4. The van der Waals surface area contributed by atoms with Crippen LogP contribution >= 0.6 is 0 Å². The predicted octanol–water partition coefficient (Wildman–Crippen LogP) is -0.185. The van der Waals surface area contributed by atoms with Crippen molar-refractivity contribution in [3.63, 3.8) is 0 Å². The standard InChI is InChI=1S/C10H15NO4/c1-2-15-10(14)9(11)8-6(12)4-3-5-7(8)13/h8-9H,2-5,11H2,1H3/t9-/m0/s1. The van der Waals surface area contributed by atoms with Crippen molar-refractivity contribution in [1.82, 2.24) is 0 Å². The van der Waals surface area contributed by atoms with E-state index in [0.29, 0.717) is 19.3 Å². The summed E-state index contributed by atoms with van der Waals surface area (Å²) in [6.07, 6.45) is 1.21. The van der Waals surface area contributed by atoms with Gasteiger partial charge in [0.05, 0.1) is 6.61 Å². The van der Waals surface area contributed by atoms with Crippen LogP contribution in [0.2, 0.25) is 0 Å². The third-order valence-corrected chi connectivity index (χ3v) is 2.46. The molecule has 0 amide bonds. The van der Waals surface area contributed by atoms with Crippen LogP contribution in [0.15, 0.2) is 0 Å². The number of rotatable bonds is 3. The maximum Gasteiger partial charge on any atom is 0.324 e. The van der Waals surface area contributed by atoms with Gasteiger partial charge in [0.2, 0.25) is 0 Å². The van der Waals surface area contributed by atoms with Crippen molar-refractivity contribution in [2.45, 2.75) is 32.2 Å². The smallest absolute Gasteiger partial charge is 0.324 e. The molecule has 0 radical (unpaired) electrons. The second-order valence-corrected chi connectivity index (χ2v) is 3.54. The van der Waals surface area contributed by atoms with E-state index in [1.807, 2.05) is 0 Å². The van der Waals surface area contributed by atoms with Gasteiger partial charge in [-0.1, -0.05) is 0 Å². The first-order chi connectivity index (χ1) is 7.07. The molecule has 15 heavy (non-hydrogen) atoms. The van der Waals surface area contributed by atoms with E-state index >= 15 is 0 Å². The Morgan fingerprint density at radius 2 is 2.00 bits per heavy atom. The van der Waals surface area contributed by atoms with Crippen molar-refractivity contribution >= 4 is 17.5 Å². The summed E-state index contributed by atoms with van der Waals surface area (Å²) in [5, 5.41) is 0. The fourth-order valence-electron chi connectivity index (χ4n) is 1.70. The third kappa shape index (κ3) is 2.62. The van der Waals surface area contributed by atoms with Crippen molar-refractivity contribution < 1.29 is 19.1 Å². The maximum atomic E-state index is 11.4. The molecule has 1 saturated carbocycles. The molecule has 1 fully saturated rings. The molecule has 84 valence electrons. The normalized spacial score (nSPS) is 20.1. The minimum Gasteiger partial charge on any atom is -0.465 e. The number of Topliss-reactive ketones (excluding diaryl/α,β-unsaturated/α-hetero) is 2. The SMILES string of the molecule is CCOC(=O)[C@@H](N)C1C(=O)CCCC1=O. The van der Waals surface area contributed by atoms with Gasteiger partial charge < -0.3 is 10.5 Å². The molecular weight excluding hydrogens is 198 g/mol. The van der Waals surface area contributed by atoms with E-state index in [1.165, 1.54) is 0 Å². The summed E-state index contributed by atoms with van der Waals surface area (Å²) in [4.78, 5) is 34.2. The molecule has 1 rings (SSSR count). The summed E-state index contributed by atoms with van der Waals surface area (Å²) in [6, 6.07) is -1.13. The quantitative estimate of drug-likeness (QED) is 0.519. The number of carbonyl (C=O) groups is 3. The highest BCUT2D eigenvalue weighted by Crippen LogP contribution is 2.20. The molecule has 1 aliphatic rings. The Morgan fingerprint density at radius 3 is 2.47 bits per heavy atom. The molecule has 0 aromatic carbocycles. The number of hydrogen-bond acceptors (Lipinski definition) is 5. The van der Waals surface area contributed by atoms with Gasteiger partial charge in [-0.3, -0.25) is 14.4 Å². The van der Waals surface area contributed by atoms with Gasteiger partial charge in [-0.05, 0) is 13.3 Å². The van der Waals surface area contributed by atoms with E-state index in [1.54, 1.807) is 6.92 Å². The number of carbonyl (C=O) groups excluding carboxylic acids is 3. The molecule has 1 atom stereocenters. The first kappa shape index (κ1) is 11.8. The van der Waals surface area contributed by atoms with E-state index in [-0.39, 0.29) is 18.2 Å². The van der Waals surface area contributed by atoms with Crippen LogP contribution in [0.4, 0.5) is 0 Å². The minimum atomic E-state index is -1.13. The highest BCUT2D eigenvalue weighted by Gasteiger charge is 2.38. The molecule has 0 unspecified atom stereocenters. The summed E-state index contributed by atoms with van der Waals surface area (Å²) in [5.74, 6) is -2.15. The zero-order chi connectivity index (χ0) is 11.4. The van der Waals surface area contributed by atoms with E-state index < -0.39 is 17.9 Å². The summed E-state index contributed by atoms with van der Waals surface area (Å²) >= 11 is 0. The minimum absolute atomic E-state index is 0.196. The lowest BCUT2D eigenvalue weighted by molar-refractivity contribution is -0.151. The lowest BCUT2D eigenvalue weighted by Crippen LogP contribution is -2.48. The molecule has 0 aliphatic heterocycles. The lowest BCUT2D eigenvalue weighted by Gasteiger charge is -2.23. The van der Waals surface area contributed by atoms with Crippen LogP contribution in [-0.4, -0.2) is 30.2 Å². The fraction of sp³-hybridized carbons (Fsp3) is 0.700. The largest absolute Gasteiger partial charge is 0.465 e. The van der Waals surface area contributed by atoms with Gasteiger partial charge in [-0.25, -0.2) is 0 Å². The van der Waals surface area contributed by atoms with Crippen molar-refractivity contribution in [2.24, 2.45) is 11.7 Å². The van der Waals surface area contributed by atoms with Crippen molar-refractivity contribution in [3.8, 4) is 0 Å². The molecule has 0 bridgehead atoms. The van der Waals surface area contributed by atoms with Gasteiger partial charge in [-0.15, -0.1) is 0 Å². The number of ether oxygens (including phenoxy) is 1. The molecule has 0 heterocycles. The van der Waals surface area contributed by atoms with E-state index in [0.717, 1.165) is 0 Å². The van der Waals surface area contributed by atoms with Crippen LogP contribution in [0.5, 0.6) is 0 Å². The van der Waals surface area contributed by atoms with Crippen molar-refractivity contribution in [3.05, 3.63) is 0 Å². The van der Waals surface area contributed by atoms with Gasteiger partial charge in [-0.2, -0.15) is 0 Å². The van der Waals surface area contributed by atoms with Crippen LogP contribution in [0.25, 0.3) is 0 Å². The van der Waals surface area contributed by atoms with Gasteiger partial charge in [0, 0.05) is 12.8 Å².